The number of alkyl halides is 4. The number of nitrogens with one attached hydrogen (secondary N) is 1. The number of rotatable bonds is 4. The third-order valence-corrected chi connectivity index (χ3v) is 2.51. The summed E-state index contributed by atoms with van der Waals surface area (Å²) in [6.07, 6.45) is -4.83. The lowest BCUT2D eigenvalue weighted by atomic mass is 10.1. The van der Waals surface area contributed by atoms with E-state index in [0.717, 1.165) is 6.07 Å². The lowest BCUT2D eigenvalue weighted by molar-refractivity contribution is -0.274. The van der Waals surface area contributed by atoms with Gasteiger partial charge in [-0.25, -0.2) is 0 Å². The first kappa shape index (κ1) is 15.6. The second-order valence-corrected chi connectivity index (χ2v) is 4.55. The summed E-state index contributed by atoms with van der Waals surface area (Å²) < 4.78 is 40.5. The van der Waals surface area contributed by atoms with Crippen molar-refractivity contribution in [2.75, 3.05) is 0 Å². The van der Waals surface area contributed by atoms with E-state index in [0.29, 0.717) is 0 Å². The molecule has 0 saturated carbocycles. The molecule has 0 aliphatic carbocycles. The Morgan fingerprint density at radius 2 is 1.89 bits per heavy atom. The standard InChI is InChI=1S/C12H13ClF3NO2/c1-7(2)17-11(18)10(13)8-5-3-4-6-9(8)19-12(14,15)16/h3-7,10H,1-2H3,(H,17,18). The van der Waals surface area contributed by atoms with Crippen LogP contribution in [0.2, 0.25) is 0 Å². The van der Waals surface area contributed by atoms with E-state index in [9.17, 15) is 18.0 Å². The van der Waals surface area contributed by atoms with E-state index in [-0.39, 0.29) is 11.6 Å². The zero-order valence-corrected chi connectivity index (χ0v) is 11.0. The van der Waals surface area contributed by atoms with Gasteiger partial charge in [-0.3, -0.25) is 4.79 Å². The highest BCUT2D eigenvalue weighted by Crippen LogP contribution is 2.33. The minimum Gasteiger partial charge on any atom is -0.405 e. The molecular weight excluding hydrogens is 283 g/mol. The fourth-order valence-corrected chi connectivity index (χ4v) is 1.65. The summed E-state index contributed by atoms with van der Waals surface area (Å²) in [6, 6.07) is 5.12. The van der Waals surface area contributed by atoms with Crippen LogP contribution in [-0.2, 0) is 4.79 Å². The van der Waals surface area contributed by atoms with Gasteiger partial charge in [0.15, 0.2) is 0 Å². The lowest BCUT2D eigenvalue weighted by Gasteiger charge is -2.17. The molecule has 0 radical (unpaired) electrons. The highest BCUT2D eigenvalue weighted by molar-refractivity contribution is 6.31. The molecule has 1 N–H and O–H groups in total. The second-order valence-electron chi connectivity index (χ2n) is 4.11. The highest BCUT2D eigenvalue weighted by Gasteiger charge is 2.33. The molecule has 0 fully saturated rings. The molecule has 7 heteroatoms. The summed E-state index contributed by atoms with van der Waals surface area (Å²) in [4.78, 5) is 11.7. The number of halogens is 4. The second kappa shape index (κ2) is 6.14. The zero-order chi connectivity index (χ0) is 14.6. The Morgan fingerprint density at radius 3 is 2.42 bits per heavy atom. The topological polar surface area (TPSA) is 38.3 Å². The molecular formula is C12H13ClF3NO2. The third kappa shape index (κ3) is 4.98. The predicted molar refractivity (Wildman–Crippen MR) is 65.0 cm³/mol. The first-order chi connectivity index (χ1) is 8.70. The maximum absolute atomic E-state index is 12.2. The van der Waals surface area contributed by atoms with Crippen LogP contribution >= 0.6 is 11.6 Å². The Balaban J connectivity index is 2.96. The molecule has 1 unspecified atom stereocenters. The Kier molecular flexibility index (Phi) is 5.05. The van der Waals surface area contributed by atoms with Crippen molar-refractivity contribution in [1.29, 1.82) is 0 Å². The quantitative estimate of drug-likeness (QED) is 0.865. The van der Waals surface area contributed by atoms with E-state index >= 15 is 0 Å². The summed E-state index contributed by atoms with van der Waals surface area (Å²) in [5.74, 6) is -1.05. The molecule has 1 amide bonds. The van der Waals surface area contributed by atoms with Gasteiger partial charge in [-0.1, -0.05) is 18.2 Å². The van der Waals surface area contributed by atoms with Crippen molar-refractivity contribution in [1.82, 2.24) is 5.32 Å². The number of hydrogen-bond acceptors (Lipinski definition) is 2. The molecule has 0 spiro atoms. The van der Waals surface area contributed by atoms with Crippen molar-refractivity contribution < 1.29 is 22.7 Å². The van der Waals surface area contributed by atoms with E-state index < -0.39 is 23.4 Å². The minimum atomic E-state index is -4.83. The van der Waals surface area contributed by atoms with Gasteiger partial charge in [0.1, 0.15) is 11.1 Å². The van der Waals surface area contributed by atoms with Gasteiger partial charge in [0.2, 0.25) is 5.91 Å². The third-order valence-electron chi connectivity index (χ3n) is 2.08. The van der Waals surface area contributed by atoms with Gasteiger partial charge in [0.25, 0.3) is 0 Å². The van der Waals surface area contributed by atoms with Crippen LogP contribution in [0.25, 0.3) is 0 Å². The van der Waals surface area contributed by atoms with E-state index in [1.165, 1.54) is 18.2 Å². The van der Waals surface area contributed by atoms with Gasteiger partial charge in [-0.05, 0) is 19.9 Å². The zero-order valence-electron chi connectivity index (χ0n) is 10.3. The maximum atomic E-state index is 12.2. The Labute approximate surface area is 113 Å². The average Bonchev–Trinajstić information content (AvgIpc) is 2.25. The summed E-state index contributed by atoms with van der Waals surface area (Å²) in [5.41, 5.74) is -0.0281. The number of amides is 1. The molecule has 0 aliphatic rings. The Bertz CT molecular complexity index is 449. The molecule has 19 heavy (non-hydrogen) atoms. The van der Waals surface area contributed by atoms with Gasteiger partial charge in [0, 0.05) is 11.6 Å². The molecule has 1 atom stereocenters. The van der Waals surface area contributed by atoms with Crippen LogP contribution in [0.15, 0.2) is 24.3 Å². The van der Waals surface area contributed by atoms with Crippen LogP contribution < -0.4 is 10.1 Å². The predicted octanol–water partition coefficient (Wildman–Crippen LogP) is 3.39. The van der Waals surface area contributed by atoms with E-state index in [1.54, 1.807) is 13.8 Å². The number of ether oxygens (including phenoxy) is 1. The van der Waals surface area contributed by atoms with Gasteiger partial charge < -0.3 is 10.1 Å². The van der Waals surface area contributed by atoms with Crippen molar-refractivity contribution in [3.63, 3.8) is 0 Å². The average molecular weight is 296 g/mol. The van der Waals surface area contributed by atoms with Crippen molar-refractivity contribution in [2.24, 2.45) is 0 Å². The normalized spacial score (nSPS) is 13.2. The number of hydrogen-bond donors (Lipinski definition) is 1. The van der Waals surface area contributed by atoms with Crippen LogP contribution in [0, 0.1) is 0 Å². The van der Waals surface area contributed by atoms with Crippen molar-refractivity contribution >= 4 is 17.5 Å². The molecule has 1 aromatic rings. The first-order valence-corrected chi connectivity index (χ1v) is 5.93. The lowest BCUT2D eigenvalue weighted by Crippen LogP contribution is -2.33. The fourth-order valence-electron chi connectivity index (χ4n) is 1.41. The summed E-state index contributed by atoms with van der Waals surface area (Å²) in [7, 11) is 0. The molecule has 0 saturated heterocycles. The Morgan fingerprint density at radius 1 is 1.32 bits per heavy atom. The summed E-state index contributed by atoms with van der Waals surface area (Å²) >= 11 is 5.88. The maximum Gasteiger partial charge on any atom is 0.573 e. The molecule has 0 aliphatic heterocycles. The van der Waals surface area contributed by atoms with Gasteiger partial charge in [-0.2, -0.15) is 0 Å². The molecule has 106 valence electrons. The Hall–Kier alpha value is -1.43. The van der Waals surface area contributed by atoms with E-state index in [2.05, 4.69) is 10.1 Å². The number of para-hydroxylation sites is 1. The van der Waals surface area contributed by atoms with Crippen LogP contribution in [0.3, 0.4) is 0 Å². The van der Waals surface area contributed by atoms with Gasteiger partial charge in [-0.15, -0.1) is 24.8 Å². The molecule has 1 aromatic carbocycles. The number of carbonyl (C=O) groups is 1. The number of benzene rings is 1. The van der Waals surface area contributed by atoms with Crippen LogP contribution in [-0.4, -0.2) is 18.3 Å². The van der Waals surface area contributed by atoms with Crippen molar-refractivity contribution in [2.45, 2.75) is 31.6 Å². The smallest absolute Gasteiger partial charge is 0.405 e. The van der Waals surface area contributed by atoms with Crippen LogP contribution in [0.5, 0.6) is 5.75 Å². The van der Waals surface area contributed by atoms with Gasteiger partial charge >= 0.3 is 6.36 Å². The largest absolute Gasteiger partial charge is 0.573 e. The minimum absolute atomic E-state index is 0.0281. The highest BCUT2D eigenvalue weighted by atomic mass is 35.5. The first-order valence-electron chi connectivity index (χ1n) is 5.50. The van der Waals surface area contributed by atoms with E-state index in [4.69, 9.17) is 11.6 Å². The molecule has 3 nitrogen and oxygen atoms in total. The van der Waals surface area contributed by atoms with Crippen LogP contribution in [0.1, 0.15) is 24.8 Å². The molecule has 0 bridgehead atoms. The monoisotopic (exact) mass is 295 g/mol. The van der Waals surface area contributed by atoms with Crippen LogP contribution in [0.4, 0.5) is 13.2 Å². The fraction of sp³-hybridized carbons (Fsp3) is 0.417. The van der Waals surface area contributed by atoms with Crippen molar-refractivity contribution in [3.05, 3.63) is 29.8 Å². The van der Waals surface area contributed by atoms with Crippen molar-refractivity contribution in [3.8, 4) is 5.75 Å². The summed E-state index contributed by atoms with van der Waals surface area (Å²) in [6.45, 7) is 3.44. The SMILES string of the molecule is CC(C)NC(=O)C(Cl)c1ccccc1OC(F)(F)F. The molecule has 0 aromatic heterocycles. The molecule has 0 heterocycles. The number of carbonyl (C=O) groups excluding carboxylic acids is 1. The molecule has 1 rings (SSSR count). The van der Waals surface area contributed by atoms with Gasteiger partial charge in [0.05, 0.1) is 0 Å². The van der Waals surface area contributed by atoms with E-state index in [1.807, 2.05) is 0 Å². The summed E-state index contributed by atoms with van der Waals surface area (Å²) in [5, 5.41) is 1.27.